The van der Waals surface area contributed by atoms with Crippen LogP contribution in [0.4, 0.5) is 5.69 Å². The number of carbonyl (C=O) groups is 1. The monoisotopic (exact) mass is 394 g/mol. The molecule has 3 N–H and O–H groups in total. The van der Waals surface area contributed by atoms with Crippen molar-refractivity contribution in [3.63, 3.8) is 0 Å². The molecule has 28 heavy (non-hydrogen) atoms. The van der Waals surface area contributed by atoms with Crippen molar-refractivity contribution in [3.05, 3.63) is 57.9 Å². The molecule has 0 fully saturated rings. The molecule has 0 aliphatic carbocycles. The Hall–Kier alpha value is -2.98. The summed E-state index contributed by atoms with van der Waals surface area (Å²) in [6.07, 6.45) is 1.83. The third kappa shape index (κ3) is 3.32. The fraction of sp³-hybridized carbons (Fsp3) is 0.286. The number of ether oxygens (including phenoxy) is 1. The maximum absolute atomic E-state index is 12.4. The average Bonchev–Trinajstić information content (AvgIpc) is 2.68. The second-order valence-corrected chi connectivity index (χ2v) is 7.75. The van der Waals surface area contributed by atoms with Gasteiger partial charge in [0, 0.05) is 40.2 Å². The Morgan fingerprint density at radius 2 is 2.18 bits per heavy atom. The molecule has 7 heteroatoms. The van der Waals surface area contributed by atoms with Gasteiger partial charge in [-0.2, -0.15) is 5.26 Å². The number of nitriles is 1. The van der Waals surface area contributed by atoms with Crippen LogP contribution in [0, 0.1) is 18.3 Å². The second-order valence-electron chi connectivity index (χ2n) is 6.50. The molecule has 144 valence electrons. The second kappa shape index (κ2) is 7.95. The van der Waals surface area contributed by atoms with Gasteiger partial charge < -0.3 is 15.8 Å². The fourth-order valence-electron chi connectivity index (χ4n) is 3.57. The van der Waals surface area contributed by atoms with Crippen molar-refractivity contribution in [1.82, 2.24) is 4.98 Å². The number of aromatic nitrogens is 1. The number of benzene rings is 1. The molecule has 0 saturated carbocycles. The van der Waals surface area contributed by atoms with E-state index >= 15 is 0 Å². The van der Waals surface area contributed by atoms with Gasteiger partial charge in [-0.1, -0.05) is 13.0 Å². The van der Waals surface area contributed by atoms with Gasteiger partial charge in [0.05, 0.1) is 18.7 Å². The van der Waals surface area contributed by atoms with Crippen LogP contribution in [0.2, 0.25) is 0 Å². The zero-order valence-corrected chi connectivity index (χ0v) is 17.1. The molecule has 1 amide bonds. The molecule has 2 heterocycles. The molecule has 1 aliphatic rings. The third-order valence-electron chi connectivity index (χ3n) is 4.78. The average molecular weight is 395 g/mol. The molecular weight excluding hydrogens is 372 g/mol. The largest absolute Gasteiger partial charge is 0.496 e. The van der Waals surface area contributed by atoms with Gasteiger partial charge in [0.25, 0.3) is 0 Å². The number of nitrogens with one attached hydrogen (secondary N) is 1. The SMILES string of the molecule is CCSc1ncc(C)c2c1[C@H](c1ccc(C#N)cc1OC)C(C(N)=O)=C(C)N2. The van der Waals surface area contributed by atoms with Crippen LogP contribution in [0.15, 0.2) is 40.7 Å². The molecule has 2 aromatic rings. The predicted molar refractivity (Wildman–Crippen MR) is 110 cm³/mol. The summed E-state index contributed by atoms with van der Waals surface area (Å²) in [5, 5.41) is 13.4. The highest BCUT2D eigenvalue weighted by atomic mass is 32.2. The molecule has 1 aliphatic heterocycles. The van der Waals surface area contributed by atoms with E-state index in [2.05, 4.69) is 23.3 Å². The van der Waals surface area contributed by atoms with Gasteiger partial charge in [0.15, 0.2) is 0 Å². The predicted octanol–water partition coefficient (Wildman–Crippen LogP) is 3.70. The van der Waals surface area contributed by atoms with E-state index in [4.69, 9.17) is 10.5 Å². The summed E-state index contributed by atoms with van der Waals surface area (Å²) in [5.74, 6) is 0.449. The standard InChI is InChI=1S/C21H22N4O2S/c1-5-28-21-18-17(14-7-6-13(9-22)8-15(14)27-4)16(20(23)26)12(3)25-19(18)11(2)10-24-21/h6-8,10,17,25H,5H2,1-4H3,(H2,23,26)/t17-/m1/s1. The summed E-state index contributed by atoms with van der Waals surface area (Å²) in [5.41, 5.74) is 11.1. The van der Waals surface area contributed by atoms with E-state index in [1.807, 2.05) is 26.1 Å². The lowest BCUT2D eigenvalue weighted by Crippen LogP contribution is -2.28. The van der Waals surface area contributed by atoms with Gasteiger partial charge in [-0.05, 0) is 37.3 Å². The van der Waals surface area contributed by atoms with Crippen molar-refractivity contribution in [2.75, 3.05) is 18.2 Å². The number of nitrogens with zero attached hydrogens (tertiary/aromatic N) is 2. The van der Waals surface area contributed by atoms with Crippen molar-refractivity contribution < 1.29 is 9.53 Å². The van der Waals surface area contributed by atoms with Gasteiger partial charge in [-0.3, -0.25) is 4.79 Å². The Bertz CT molecular complexity index is 1020. The molecule has 1 aromatic heterocycles. The van der Waals surface area contributed by atoms with E-state index in [0.717, 1.165) is 33.2 Å². The molecule has 0 unspecified atom stereocenters. The number of anilines is 1. The van der Waals surface area contributed by atoms with Crippen LogP contribution in [-0.4, -0.2) is 23.8 Å². The van der Waals surface area contributed by atoms with Gasteiger partial charge in [0.1, 0.15) is 10.8 Å². The first-order chi connectivity index (χ1) is 13.4. The molecule has 0 radical (unpaired) electrons. The molecule has 0 saturated heterocycles. The Morgan fingerprint density at radius 3 is 2.79 bits per heavy atom. The zero-order valence-electron chi connectivity index (χ0n) is 16.3. The number of fused-ring (bicyclic) bond motifs is 1. The topological polar surface area (TPSA) is 101 Å². The van der Waals surface area contributed by atoms with Crippen LogP contribution in [0.3, 0.4) is 0 Å². The van der Waals surface area contributed by atoms with Gasteiger partial charge in [0.2, 0.25) is 5.91 Å². The maximum Gasteiger partial charge on any atom is 0.247 e. The quantitative estimate of drug-likeness (QED) is 0.750. The van der Waals surface area contributed by atoms with Gasteiger partial charge in [-0.15, -0.1) is 11.8 Å². The first kappa shape index (κ1) is 19.8. The van der Waals surface area contributed by atoms with E-state index in [9.17, 15) is 10.1 Å². The summed E-state index contributed by atoms with van der Waals surface area (Å²) in [6, 6.07) is 7.36. The minimum Gasteiger partial charge on any atom is -0.496 e. The molecule has 1 atom stereocenters. The number of pyridine rings is 1. The normalized spacial score (nSPS) is 15.5. The van der Waals surface area contributed by atoms with Gasteiger partial charge >= 0.3 is 0 Å². The summed E-state index contributed by atoms with van der Waals surface area (Å²) in [7, 11) is 1.55. The number of nitrogens with two attached hydrogens (primary N) is 1. The molecule has 1 aromatic carbocycles. The summed E-state index contributed by atoms with van der Waals surface area (Å²) in [6.45, 7) is 5.88. The first-order valence-electron chi connectivity index (χ1n) is 8.90. The van der Waals surface area contributed by atoms with Crippen LogP contribution in [0.1, 0.15) is 42.0 Å². The molecule has 0 bridgehead atoms. The fourth-order valence-corrected chi connectivity index (χ4v) is 4.34. The van der Waals surface area contributed by atoms with E-state index in [0.29, 0.717) is 22.6 Å². The Morgan fingerprint density at radius 1 is 1.43 bits per heavy atom. The van der Waals surface area contributed by atoms with Gasteiger partial charge in [-0.25, -0.2) is 4.98 Å². The Kier molecular flexibility index (Phi) is 5.61. The highest BCUT2D eigenvalue weighted by Gasteiger charge is 2.36. The lowest BCUT2D eigenvalue weighted by molar-refractivity contribution is -0.114. The molecule has 3 rings (SSSR count). The van der Waals surface area contributed by atoms with Crippen molar-refractivity contribution >= 4 is 23.4 Å². The van der Waals surface area contributed by atoms with Crippen LogP contribution >= 0.6 is 11.8 Å². The van der Waals surface area contributed by atoms with E-state index < -0.39 is 11.8 Å². The number of allylic oxidation sites excluding steroid dienone is 1. The number of methoxy groups -OCH3 is 1. The number of rotatable bonds is 5. The van der Waals surface area contributed by atoms with Crippen molar-refractivity contribution in [2.45, 2.75) is 31.7 Å². The zero-order chi connectivity index (χ0) is 20.4. The number of amides is 1. The van der Waals surface area contributed by atoms with Crippen molar-refractivity contribution in [1.29, 1.82) is 5.26 Å². The lowest BCUT2D eigenvalue weighted by atomic mass is 9.80. The summed E-state index contributed by atoms with van der Waals surface area (Å²) >= 11 is 1.61. The van der Waals surface area contributed by atoms with Crippen molar-refractivity contribution in [3.8, 4) is 11.8 Å². The van der Waals surface area contributed by atoms with E-state index in [-0.39, 0.29) is 0 Å². The third-order valence-corrected chi connectivity index (χ3v) is 5.67. The number of thioether (sulfide) groups is 1. The van der Waals surface area contributed by atoms with Crippen LogP contribution < -0.4 is 15.8 Å². The Balaban J connectivity index is 2.37. The molecule has 6 nitrogen and oxygen atoms in total. The number of hydrogen-bond donors (Lipinski definition) is 2. The number of aryl methyl sites for hydroxylation is 1. The highest BCUT2D eigenvalue weighted by Crippen LogP contribution is 2.48. The van der Waals surface area contributed by atoms with Crippen LogP contribution in [0.5, 0.6) is 5.75 Å². The maximum atomic E-state index is 12.4. The lowest BCUT2D eigenvalue weighted by Gasteiger charge is -2.32. The van der Waals surface area contributed by atoms with E-state index in [1.165, 1.54) is 0 Å². The Labute approximate surface area is 168 Å². The number of carbonyl (C=O) groups excluding carboxylic acids is 1. The number of hydrogen-bond acceptors (Lipinski definition) is 6. The minimum atomic E-state index is -0.499. The molecule has 0 spiro atoms. The smallest absolute Gasteiger partial charge is 0.247 e. The van der Waals surface area contributed by atoms with Crippen molar-refractivity contribution in [2.24, 2.45) is 5.73 Å². The summed E-state index contributed by atoms with van der Waals surface area (Å²) < 4.78 is 5.58. The first-order valence-corrected chi connectivity index (χ1v) is 9.89. The van der Waals surface area contributed by atoms with Crippen LogP contribution in [-0.2, 0) is 4.79 Å². The van der Waals surface area contributed by atoms with Crippen LogP contribution in [0.25, 0.3) is 0 Å². The highest BCUT2D eigenvalue weighted by molar-refractivity contribution is 7.99. The number of primary amides is 1. The summed E-state index contributed by atoms with van der Waals surface area (Å²) in [4.78, 5) is 17.1. The molecular formula is C21H22N4O2S. The minimum absolute atomic E-state index is 0.433. The van der Waals surface area contributed by atoms with E-state index in [1.54, 1.807) is 31.0 Å².